The molecule has 3 heterocycles. The Morgan fingerprint density at radius 3 is 3.19 bits per heavy atom. The summed E-state index contributed by atoms with van der Waals surface area (Å²) in [6.07, 6.45) is 4.59. The van der Waals surface area contributed by atoms with Crippen molar-refractivity contribution in [1.82, 2.24) is 19.9 Å². The largest absolute Gasteiger partial charge is 0.493 e. The zero-order chi connectivity index (χ0) is 18.8. The van der Waals surface area contributed by atoms with E-state index in [1.54, 1.807) is 30.1 Å². The second-order valence-corrected chi connectivity index (χ2v) is 6.40. The monoisotopic (exact) mass is 368 g/mol. The predicted octanol–water partition coefficient (Wildman–Crippen LogP) is 1.01. The zero-order valence-electron chi connectivity index (χ0n) is 14.9. The van der Waals surface area contributed by atoms with Crippen LogP contribution in [-0.2, 0) is 12.8 Å². The molecule has 2 N–H and O–H groups in total. The Kier molecular flexibility index (Phi) is 4.64. The van der Waals surface area contributed by atoms with Crippen molar-refractivity contribution in [3.05, 3.63) is 53.5 Å². The van der Waals surface area contributed by atoms with Gasteiger partial charge in [0.1, 0.15) is 6.61 Å². The molecule has 0 fully saturated rings. The van der Waals surface area contributed by atoms with E-state index in [1.165, 1.54) is 0 Å². The molecule has 3 aromatic rings. The van der Waals surface area contributed by atoms with Crippen molar-refractivity contribution in [1.29, 1.82) is 0 Å². The van der Waals surface area contributed by atoms with Gasteiger partial charge in [0.05, 0.1) is 13.2 Å². The summed E-state index contributed by atoms with van der Waals surface area (Å²) in [6, 6.07) is 7.21. The highest BCUT2D eigenvalue weighted by molar-refractivity contribution is 5.93. The molecular weight excluding hydrogens is 348 g/mol. The molecule has 2 aromatic heterocycles. The lowest BCUT2D eigenvalue weighted by atomic mass is 10.0. The fourth-order valence-corrected chi connectivity index (χ4v) is 3.19. The Hall–Kier alpha value is -3.13. The lowest BCUT2D eigenvalue weighted by Crippen LogP contribution is -2.42. The Morgan fingerprint density at radius 1 is 1.48 bits per heavy atom. The smallest absolute Gasteiger partial charge is 0.272 e. The second kappa shape index (κ2) is 7.24. The first-order valence-electron chi connectivity index (χ1n) is 8.72. The number of amides is 1. The number of carbonyl (C=O) groups excluding carboxylic acids is 1. The Bertz CT molecular complexity index is 985. The maximum absolute atomic E-state index is 12.6. The minimum absolute atomic E-state index is 0.0374. The molecule has 8 heteroatoms. The summed E-state index contributed by atoms with van der Waals surface area (Å²) in [7, 11) is 1.61. The molecule has 0 bridgehead atoms. The molecule has 0 aliphatic carbocycles. The summed E-state index contributed by atoms with van der Waals surface area (Å²) in [5.74, 6) is 1.16. The van der Waals surface area contributed by atoms with Gasteiger partial charge >= 0.3 is 0 Å². The van der Waals surface area contributed by atoms with Crippen LogP contribution in [-0.4, -0.2) is 52.0 Å². The van der Waals surface area contributed by atoms with E-state index < -0.39 is 0 Å². The standard InChI is InChI=1S/C19H20N4O4/c1-26-16-4-2-3-13-7-14(11-27-18(13)16)21-19(25)15-8-17-20-9-12(5-6-24)10-23(17)22-15/h2-4,8-10,14,24H,5-7,11H2,1H3,(H,21,25)/t14-/m0/s1. The first-order chi connectivity index (χ1) is 13.2. The molecule has 1 aliphatic heterocycles. The van der Waals surface area contributed by atoms with Crippen molar-refractivity contribution in [2.75, 3.05) is 20.3 Å². The fraction of sp³-hybridized carbons (Fsp3) is 0.316. The van der Waals surface area contributed by atoms with Gasteiger partial charge in [-0.2, -0.15) is 5.10 Å². The molecule has 0 saturated heterocycles. The van der Waals surface area contributed by atoms with E-state index in [9.17, 15) is 4.79 Å². The number of rotatable bonds is 5. The number of aliphatic hydroxyl groups is 1. The Labute approximate surface area is 155 Å². The Morgan fingerprint density at radius 2 is 2.37 bits per heavy atom. The molecule has 140 valence electrons. The molecule has 0 radical (unpaired) electrons. The molecule has 27 heavy (non-hydrogen) atoms. The van der Waals surface area contributed by atoms with Crippen molar-refractivity contribution >= 4 is 11.6 Å². The maximum Gasteiger partial charge on any atom is 0.272 e. The summed E-state index contributed by atoms with van der Waals surface area (Å²) in [5.41, 5.74) is 2.72. The quantitative estimate of drug-likeness (QED) is 0.697. The summed E-state index contributed by atoms with van der Waals surface area (Å²) >= 11 is 0. The van der Waals surface area contributed by atoms with Gasteiger partial charge in [-0.05, 0) is 24.5 Å². The number of aromatic nitrogens is 3. The fourth-order valence-electron chi connectivity index (χ4n) is 3.19. The number of benzene rings is 1. The van der Waals surface area contributed by atoms with E-state index in [1.807, 2.05) is 18.2 Å². The van der Waals surface area contributed by atoms with Crippen molar-refractivity contribution in [3.8, 4) is 11.5 Å². The molecule has 0 saturated carbocycles. The van der Waals surface area contributed by atoms with Crippen LogP contribution in [0.5, 0.6) is 11.5 Å². The lowest BCUT2D eigenvalue weighted by molar-refractivity contribution is 0.0909. The number of aliphatic hydroxyl groups excluding tert-OH is 1. The minimum atomic E-state index is -0.274. The van der Waals surface area contributed by atoms with Gasteiger partial charge in [0, 0.05) is 30.6 Å². The summed E-state index contributed by atoms with van der Waals surface area (Å²) in [5, 5.41) is 16.3. The van der Waals surface area contributed by atoms with Gasteiger partial charge in [-0.1, -0.05) is 12.1 Å². The topological polar surface area (TPSA) is 98.0 Å². The molecule has 8 nitrogen and oxygen atoms in total. The molecule has 1 amide bonds. The normalized spacial score (nSPS) is 15.9. The number of nitrogens with one attached hydrogen (secondary N) is 1. The molecule has 1 atom stereocenters. The highest BCUT2D eigenvalue weighted by atomic mass is 16.5. The summed E-state index contributed by atoms with van der Waals surface area (Å²) < 4.78 is 12.7. The maximum atomic E-state index is 12.6. The van der Waals surface area contributed by atoms with E-state index >= 15 is 0 Å². The third-order valence-corrected chi connectivity index (χ3v) is 4.51. The summed E-state index contributed by atoms with van der Waals surface area (Å²) in [6.45, 7) is 0.404. The number of carbonyl (C=O) groups is 1. The van der Waals surface area contributed by atoms with Crippen molar-refractivity contribution in [2.24, 2.45) is 0 Å². The third-order valence-electron chi connectivity index (χ3n) is 4.51. The van der Waals surface area contributed by atoms with Gasteiger partial charge < -0.3 is 19.9 Å². The SMILES string of the molecule is COc1cccc2c1OC[C@@H](NC(=O)c1cc3ncc(CCO)cn3n1)C2. The molecule has 4 rings (SSSR count). The van der Waals surface area contributed by atoms with Crippen LogP contribution in [0.3, 0.4) is 0 Å². The number of fused-ring (bicyclic) bond motifs is 2. The van der Waals surface area contributed by atoms with Crippen molar-refractivity contribution < 1.29 is 19.4 Å². The van der Waals surface area contributed by atoms with Crippen molar-refractivity contribution in [2.45, 2.75) is 18.9 Å². The van der Waals surface area contributed by atoms with Crippen LogP contribution >= 0.6 is 0 Å². The van der Waals surface area contributed by atoms with Gasteiger partial charge in [-0.25, -0.2) is 9.50 Å². The molecular formula is C19H20N4O4. The van der Waals surface area contributed by atoms with Crippen LogP contribution in [0.1, 0.15) is 21.6 Å². The molecule has 0 spiro atoms. The average Bonchev–Trinajstić information content (AvgIpc) is 3.11. The van der Waals surface area contributed by atoms with Crippen LogP contribution < -0.4 is 14.8 Å². The minimum Gasteiger partial charge on any atom is -0.493 e. The number of nitrogens with zero attached hydrogens (tertiary/aromatic N) is 3. The van der Waals surface area contributed by atoms with Crippen LogP contribution in [0.2, 0.25) is 0 Å². The summed E-state index contributed by atoms with van der Waals surface area (Å²) in [4.78, 5) is 16.9. The van der Waals surface area contributed by atoms with Crippen LogP contribution in [0.15, 0.2) is 36.7 Å². The number of hydrogen-bond donors (Lipinski definition) is 2. The molecule has 0 unspecified atom stereocenters. The van der Waals surface area contributed by atoms with E-state index in [4.69, 9.17) is 14.6 Å². The molecule has 1 aliphatic rings. The predicted molar refractivity (Wildman–Crippen MR) is 97.2 cm³/mol. The van der Waals surface area contributed by atoms with E-state index in [0.29, 0.717) is 36.5 Å². The number of ether oxygens (including phenoxy) is 2. The average molecular weight is 368 g/mol. The number of methoxy groups -OCH3 is 1. The van der Waals surface area contributed by atoms with Gasteiger partial charge in [0.2, 0.25) is 0 Å². The van der Waals surface area contributed by atoms with Crippen LogP contribution in [0, 0.1) is 0 Å². The molecule has 1 aromatic carbocycles. The second-order valence-electron chi connectivity index (χ2n) is 6.40. The first-order valence-corrected chi connectivity index (χ1v) is 8.72. The highest BCUT2D eigenvalue weighted by Crippen LogP contribution is 2.34. The third kappa shape index (κ3) is 3.43. The van der Waals surface area contributed by atoms with E-state index in [-0.39, 0.29) is 18.6 Å². The van der Waals surface area contributed by atoms with Crippen molar-refractivity contribution in [3.63, 3.8) is 0 Å². The van der Waals surface area contributed by atoms with Gasteiger partial charge in [-0.15, -0.1) is 0 Å². The lowest BCUT2D eigenvalue weighted by Gasteiger charge is -2.26. The zero-order valence-corrected chi connectivity index (χ0v) is 14.9. The number of hydrogen-bond acceptors (Lipinski definition) is 6. The van der Waals surface area contributed by atoms with Gasteiger partial charge in [0.25, 0.3) is 5.91 Å². The van der Waals surface area contributed by atoms with E-state index in [2.05, 4.69) is 15.4 Å². The number of para-hydroxylation sites is 1. The van der Waals surface area contributed by atoms with Gasteiger partial charge in [0.15, 0.2) is 22.8 Å². The first kappa shape index (κ1) is 17.3. The van der Waals surface area contributed by atoms with Gasteiger partial charge in [-0.3, -0.25) is 4.79 Å². The van der Waals surface area contributed by atoms with Crippen LogP contribution in [0.4, 0.5) is 0 Å². The highest BCUT2D eigenvalue weighted by Gasteiger charge is 2.25. The van der Waals surface area contributed by atoms with Crippen LogP contribution in [0.25, 0.3) is 5.65 Å². The van der Waals surface area contributed by atoms with E-state index in [0.717, 1.165) is 16.9 Å². The Balaban J connectivity index is 1.48.